The van der Waals surface area contributed by atoms with Crippen LogP contribution in [0.15, 0.2) is 67.3 Å². The first-order valence-electron chi connectivity index (χ1n) is 11.4. The lowest BCUT2D eigenvalue weighted by molar-refractivity contribution is 0.0806. The quantitative estimate of drug-likeness (QED) is 0.374. The summed E-state index contributed by atoms with van der Waals surface area (Å²) in [5.41, 5.74) is 4.02. The smallest absolute Gasteiger partial charge is 0.222 e. The third-order valence-electron chi connectivity index (χ3n) is 5.51. The van der Waals surface area contributed by atoms with E-state index in [0.717, 1.165) is 34.6 Å². The fourth-order valence-electron chi connectivity index (χ4n) is 3.82. The molecule has 0 radical (unpaired) electrons. The number of ether oxygens (including phenoxy) is 2. The molecule has 0 aliphatic rings. The number of aliphatic hydroxyl groups is 1. The summed E-state index contributed by atoms with van der Waals surface area (Å²) in [6, 6.07) is 18.1. The molecule has 3 rings (SSSR count). The highest BCUT2D eigenvalue weighted by Crippen LogP contribution is 2.34. The molecule has 0 saturated carbocycles. The van der Waals surface area contributed by atoms with Crippen molar-refractivity contribution < 1.29 is 14.6 Å². The van der Waals surface area contributed by atoms with E-state index < -0.39 is 6.10 Å². The molecule has 2 aromatic carbocycles. The van der Waals surface area contributed by atoms with Crippen molar-refractivity contribution in [3.63, 3.8) is 0 Å². The van der Waals surface area contributed by atoms with Crippen LogP contribution >= 0.6 is 0 Å². The first kappa shape index (κ1) is 24.7. The number of aromatic nitrogens is 2. The minimum Gasteiger partial charge on any atom is -0.439 e. The number of hydrogen-bond donors (Lipinski definition) is 1. The summed E-state index contributed by atoms with van der Waals surface area (Å²) >= 11 is 0. The summed E-state index contributed by atoms with van der Waals surface area (Å²) in [7, 11) is 3.59. The summed E-state index contributed by atoms with van der Waals surface area (Å²) in [5, 5.41) is 15.4. The monoisotopic (exact) mass is 449 g/mol. The van der Waals surface area contributed by atoms with E-state index in [9.17, 15) is 5.11 Å². The lowest BCUT2D eigenvalue weighted by Crippen LogP contribution is -2.34. The maximum atomic E-state index is 10.6. The molecule has 6 heteroatoms. The van der Waals surface area contributed by atoms with Crippen molar-refractivity contribution in [2.24, 2.45) is 7.05 Å². The summed E-state index contributed by atoms with van der Waals surface area (Å²) in [5.74, 6) is 1.47. The van der Waals surface area contributed by atoms with Gasteiger partial charge in [-0.1, -0.05) is 48.5 Å². The molecule has 6 nitrogen and oxygen atoms in total. The van der Waals surface area contributed by atoms with Crippen LogP contribution in [0.5, 0.6) is 11.6 Å². The zero-order valence-corrected chi connectivity index (χ0v) is 19.9. The minimum atomic E-state index is -0.446. The van der Waals surface area contributed by atoms with Gasteiger partial charge in [0.25, 0.3) is 0 Å². The van der Waals surface area contributed by atoms with Gasteiger partial charge in [0, 0.05) is 39.4 Å². The molecular weight excluding hydrogens is 414 g/mol. The topological polar surface area (TPSA) is 59.8 Å². The van der Waals surface area contributed by atoms with Gasteiger partial charge in [-0.05, 0) is 37.5 Å². The predicted molar refractivity (Wildman–Crippen MR) is 132 cm³/mol. The van der Waals surface area contributed by atoms with Gasteiger partial charge in [0.2, 0.25) is 5.88 Å². The maximum Gasteiger partial charge on any atom is 0.222 e. The van der Waals surface area contributed by atoms with Gasteiger partial charge in [-0.25, -0.2) is 4.68 Å². The van der Waals surface area contributed by atoms with Crippen LogP contribution in [0, 0.1) is 6.92 Å². The third kappa shape index (κ3) is 7.02. The maximum absolute atomic E-state index is 10.6. The molecular formula is C27H35N3O3. The highest BCUT2D eigenvalue weighted by Gasteiger charge is 2.23. The van der Waals surface area contributed by atoms with Gasteiger partial charge in [0.15, 0.2) is 0 Å². The molecule has 1 heterocycles. The molecule has 0 aliphatic heterocycles. The molecule has 0 saturated heterocycles. The van der Waals surface area contributed by atoms with Gasteiger partial charge in [-0.2, -0.15) is 5.10 Å². The average molecular weight is 450 g/mol. The predicted octanol–water partition coefficient (Wildman–Crippen LogP) is 4.96. The van der Waals surface area contributed by atoms with Crippen LogP contribution in [-0.4, -0.2) is 52.7 Å². The molecule has 176 valence electrons. The molecule has 0 fully saturated rings. The van der Waals surface area contributed by atoms with Crippen molar-refractivity contribution in [3.05, 3.63) is 78.4 Å². The zero-order valence-electron chi connectivity index (χ0n) is 19.9. The highest BCUT2D eigenvalue weighted by molar-refractivity contribution is 5.65. The minimum absolute atomic E-state index is 0.446. The molecule has 0 bridgehead atoms. The number of rotatable bonds is 13. The second kappa shape index (κ2) is 12.3. The van der Waals surface area contributed by atoms with Crippen LogP contribution in [0.25, 0.3) is 11.3 Å². The van der Waals surface area contributed by atoms with Crippen molar-refractivity contribution >= 4 is 0 Å². The van der Waals surface area contributed by atoms with Crippen LogP contribution in [0.3, 0.4) is 0 Å². The van der Waals surface area contributed by atoms with Gasteiger partial charge in [0.05, 0.1) is 18.3 Å². The van der Waals surface area contributed by atoms with Crippen LogP contribution in [0.2, 0.25) is 0 Å². The SMILES string of the molecule is C=CCCC(O)CN(CCOC)Cc1c(-c2ccccc2)nn(C)c1Oc1cccc(C)c1. The molecule has 33 heavy (non-hydrogen) atoms. The Hall–Kier alpha value is -2.93. The summed E-state index contributed by atoms with van der Waals surface area (Å²) in [4.78, 5) is 2.20. The van der Waals surface area contributed by atoms with Gasteiger partial charge in [0.1, 0.15) is 11.4 Å². The number of allylic oxidation sites excluding steroid dienone is 1. The second-order valence-corrected chi connectivity index (χ2v) is 8.29. The Labute approximate surface area is 197 Å². The van der Waals surface area contributed by atoms with Crippen molar-refractivity contribution in [2.75, 3.05) is 26.8 Å². The van der Waals surface area contributed by atoms with E-state index in [-0.39, 0.29) is 0 Å². The third-order valence-corrected chi connectivity index (χ3v) is 5.51. The zero-order chi connectivity index (χ0) is 23.6. The fraction of sp³-hybridized carbons (Fsp3) is 0.370. The standard InChI is InChI=1S/C27H35N3O3/c1-5-6-14-23(31)19-30(16-17-32-4)20-25-26(22-12-8-7-9-13-22)28-29(3)27(25)33-24-15-10-11-21(2)18-24/h5,7-13,15,18,23,31H,1,6,14,16-17,19-20H2,2-4H3. The van der Waals surface area contributed by atoms with Crippen LogP contribution in [0.4, 0.5) is 0 Å². The van der Waals surface area contributed by atoms with Crippen molar-refractivity contribution in [1.82, 2.24) is 14.7 Å². The summed E-state index contributed by atoms with van der Waals surface area (Å²) in [6.45, 7) is 8.18. The summed E-state index contributed by atoms with van der Waals surface area (Å²) in [6.07, 6.45) is 2.85. The molecule has 1 atom stereocenters. The average Bonchev–Trinajstić information content (AvgIpc) is 3.11. The number of hydrogen-bond acceptors (Lipinski definition) is 5. The number of benzene rings is 2. The number of aryl methyl sites for hydroxylation is 2. The molecule has 1 N–H and O–H groups in total. The largest absolute Gasteiger partial charge is 0.439 e. The Morgan fingerprint density at radius 1 is 1.18 bits per heavy atom. The van der Waals surface area contributed by atoms with Crippen LogP contribution in [-0.2, 0) is 18.3 Å². The number of aliphatic hydroxyl groups excluding tert-OH is 1. The number of methoxy groups -OCH3 is 1. The van der Waals surface area contributed by atoms with E-state index in [1.54, 1.807) is 11.8 Å². The van der Waals surface area contributed by atoms with E-state index >= 15 is 0 Å². The van der Waals surface area contributed by atoms with E-state index in [0.29, 0.717) is 38.5 Å². The van der Waals surface area contributed by atoms with E-state index in [4.69, 9.17) is 14.6 Å². The second-order valence-electron chi connectivity index (χ2n) is 8.29. The fourth-order valence-corrected chi connectivity index (χ4v) is 3.82. The number of nitrogens with zero attached hydrogens (tertiary/aromatic N) is 3. The Morgan fingerprint density at radius 3 is 2.67 bits per heavy atom. The Morgan fingerprint density at radius 2 is 1.97 bits per heavy atom. The lowest BCUT2D eigenvalue weighted by atomic mass is 10.1. The van der Waals surface area contributed by atoms with Crippen LogP contribution < -0.4 is 4.74 Å². The van der Waals surface area contributed by atoms with Gasteiger partial charge in [-0.3, -0.25) is 4.90 Å². The Bertz CT molecular complexity index is 1020. The molecule has 0 aliphatic carbocycles. The highest BCUT2D eigenvalue weighted by atomic mass is 16.5. The van der Waals surface area contributed by atoms with Gasteiger partial charge in [-0.15, -0.1) is 6.58 Å². The molecule has 1 aromatic heterocycles. The first-order chi connectivity index (χ1) is 16.0. The molecule has 0 spiro atoms. The van der Waals surface area contributed by atoms with Crippen LogP contribution in [0.1, 0.15) is 24.0 Å². The Balaban J connectivity index is 1.97. The van der Waals surface area contributed by atoms with E-state index in [1.807, 2.05) is 62.5 Å². The van der Waals surface area contributed by atoms with E-state index in [2.05, 4.69) is 23.6 Å². The first-order valence-corrected chi connectivity index (χ1v) is 11.4. The molecule has 1 unspecified atom stereocenters. The van der Waals surface area contributed by atoms with E-state index in [1.165, 1.54) is 0 Å². The van der Waals surface area contributed by atoms with Crippen molar-refractivity contribution in [3.8, 4) is 22.9 Å². The van der Waals surface area contributed by atoms with Gasteiger partial charge < -0.3 is 14.6 Å². The van der Waals surface area contributed by atoms with Crippen molar-refractivity contribution in [1.29, 1.82) is 0 Å². The molecule has 0 amide bonds. The lowest BCUT2D eigenvalue weighted by Gasteiger charge is -2.25. The Kier molecular flexibility index (Phi) is 9.24. The van der Waals surface area contributed by atoms with Gasteiger partial charge >= 0.3 is 0 Å². The molecule has 3 aromatic rings. The van der Waals surface area contributed by atoms with Crippen molar-refractivity contribution in [2.45, 2.75) is 32.4 Å². The normalized spacial score (nSPS) is 12.2. The summed E-state index contributed by atoms with van der Waals surface area (Å²) < 4.78 is 13.5.